The lowest BCUT2D eigenvalue weighted by Crippen LogP contribution is -2.42. The number of hydrogen-bond acceptors (Lipinski definition) is 6. The summed E-state index contributed by atoms with van der Waals surface area (Å²) in [6.45, 7) is 5.38. The molecule has 10 heteroatoms. The quantitative estimate of drug-likeness (QED) is 0.494. The number of amides is 1. The van der Waals surface area contributed by atoms with Gasteiger partial charge >= 0.3 is 12.3 Å². The number of alkyl halides is 3. The summed E-state index contributed by atoms with van der Waals surface area (Å²) in [5.41, 5.74) is 1.44. The first-order valence-corrected chi connectivity index (χ1v) is 11.2. The van der Waals surface area contributed by atoms with Crippen molar-refractivity contribution in [3.05, 3.63) is 65.6 Å². The molecule has 184 valence electrons. The maximum Gasteiger partial charge on any atom is 0.416 e. The van der Waals surface area contributed by atoms with Crippen molar-refractivity contribution in [3.63, 3.8) is 0 Å². The first kappa shape index (κ1) is 24.4. The van der Waals surface area contributed by atoms with Gasteiger partial charge < -0.3 is 15.4 Å². The maximum atomic E-state index is 13.0. The molecule has 0 unspecified atom stereocenters. The molecule has 1 atom stereocenters. The van der Waals surface area contributed by atoms with Gasteiger partial charge in [0.15, 0.2) is 5.82 Å². The summed E-state index contributed by atoms with van der Waals surface area (Å²) in [5, 5.41) is 6.05. The lowest BCUT2D eigenvalue weighted by Gasteiger charge is -2.28. The van der Waals surface area contributed by atoms with Gasteiger partial charge in [-0.1, -0.05) is 0 Å². The third kappa shape index (κ3) is 6.26. The smallest absolute Gasteiger partial charge is 0.416 e. The van der Waals surface area contributed by atoms with E-state index in [2.05, 4.69) is 20.6 Å². The van der Waals surface area contributed by atoms with Crippen LogP contribution in [0.5, 0.6) is 0 Å². The largest absolute Gasteiger partial charge is 0.444 e. The Labute approximate surface area is 201 Å². The number of aryl methyl sites for hydroxylation is 1. The topological polar surface area (TPSA) is 89.0 Å². The fourth-order valence-electron chi connectivity index (χ4n) is 3.82. The number of carbonyl (C=O) groups excluding carboxylic acids is 1. The van der Waals surface area contributed by atoms with Gasteiger partial charge in [-0.15, -0.1) is 0 Å². The lowest BCUT2D eigenvalue weighted by molar-refractivity contribution is -0.137. The molecular formula is C25H26F3N5O2. The zero-order valence-corrected chi connectivity index (χ0v) is 19.6. The van der Waals surface area contributed by atoms with Gasteiger partial charge in [0.05, 0.1) is 5.56 Å². The fourth-order valence-corrected chi connectivity index (χ4v) is 3.82. The van der Waals surface area contributed by atoms with Crippen molar-refractivity contribution < 1.29 is 22.7 Å². The van der Waals surface area contributed by atoms with Crippen LogP contribution < -0.4 is 10.6 Å². The molecule has 0 aliphatic heterocycles. The average Bonchev–Trinajstić information content (AvgIpc) is 2.78. The normalized spacial score (nSPS) is 15.8. The fraction of sp³-hybridized carbons (Fsp3) is 0.360. The third-order valence-electron chi connectivity index (χ3n) is 5.39. The van der Waals surface area contributed by atoms with E-state index in [0.29, 0.717) is 36.6 Å². The molecule has 35 heavy (non-hydrogen) atoms. The number of aromatic nitrogens is 3. The van der Waals surface area contributed by atoms with Gasteiger partial charge in [0, 0.05) is 40.9 Å². The van der Waals surface area contributed by atoms with Gasteiger partial charge in [-0.25, -0.2) is 14.8 Å². The van der Waals surface area contributed by atoms with E-state index in [-0.39, 0.29) is 6.04 Å². The van der Waals surface area contributed by atoms with Gasteiger partial charge in [0.25, 0.3) is 0 Å². The average molecular weight is 486 g/mol. The molecule has 1 aliphatic rings. The second-order valence-electron chi connectivity index (χ2n) is 9.35. The van der Waals surface area contributed by atoms with Crippen LogP contribution in [0.2, 0.25) is 0 Å². The molecule has 2 heterocycles. The number of alkyl carbamates (subject to hydrolysis) is 1. The Balaban J connectivity index is 1.64. The number of nitrogens with zero attached hydrogens (tertiary/aromatic N) is 3. The molecular weight excluding hydrogens is 459 g/mol. The molecule has 1 aromatic carbocycles. The Morgan fingerprint density at radius 2 is 1.83 bits per heavy atom. The minimum Gasteiger partial charge on any atom is -0.444 e. The maximum absolute atomic E-state index is 13.0. The van der Waals surface area contributed by atoms with Crippen LogP contribution in [0.4, 0.5) is 29.5 Å². The van der Waals surface area contributed by atoms with Crippen LogP contribution in [0.3, 0.4) is 0 Å². The highest BCUT2D eigenvalue weighted by Gasteiger charge is 2.30. The van der Waals surface area contributed by atoms with E-state index in [1.807, 2.05) is 6.07 Å². The number of nitrogens with one attached hydrogen (secondary N) is 2. The molecule has 0 bridgehead atoms. The zero-order valence-electron chi connectivity index (χ0n) is 19.6. The van der Waals surface area contributed by atoms with E-state index in [0.717, 1.165) is 29.0 Å². The van der Waals surface area contributed by atoms with Crippen LogP contribution in [0, 0.1) is 0 Å². The molecule has 0 spiro atoms. The van der Waals surface area contributed by atoms with E-state index < -0.39 is 23.4 Å². The summed E-state index contributed by atoms with van der Waals surface area (Å²) in [6.07, 6.45) is 0.0835. The van der Waals surface area contributed by atoms with Crippen molar-refractivity contribution in [2.24, 2.45) is 0 Å². The predicted molar refractivity (Wildman–Crippen MR) is 125 cm³/mol. The van der Waals surface area contributed by atoms with Gasteiger partial charge in [0.2, 0.25) is 0 Å². The van der Waals surface area contributed by atoms with E-state index >= 15 is 0 Å². The van der Waals surface area contributed by atoms with E-state index in [9.17, 15) is 18.0 Å². The summed E-state index contributed by atoms with van der Waals surface area (Å²) < 4.78 is 44.3. The van der Waals surface area contributed by atoms with Crippen LogP contribution >= 0.6 is 0 Å². The predicted octanol–water partition coefficient (Wildman–Crippen LogP) is 5.68. The third-order valence-corrected chi connectivity index (χ3v) is 5.39. The molecule has 7 nitrogen and oxygen atoms in total. The number of rotatable bonds is 4. The molecule has 0 fully saturated rings. The summed E-state index contributed by atoms with van der Waals surface area (Å²) in [5.74, 6) is 0.939. The number of fused-ring (bicyclic) bond motifs is 1. The van der Waals surface area contributed by atoms with Crippen LogP contribution in [0.25, 0.3) is 11.4 Å². The van der Waals surface area contributed by atoms with Crippen LogP contribution in [-0.2, 0) is 23.8 Å². The number of halogens is 3. The number of carbonyl (C=O) groups is 1. The number of ether oxygens (including phenoxy) is 1. The molecule has 0 saturated carbocycles. The Bertz CT molecular complexity index is 1190. The molecule has 3 aromatic rings. The highest BCUT2D eigenvalue weighted by Crippen LogP contribution is 2.33. The summed E-state index contributed by atoms with van der Waals surface area (Å²) in [7, 11) is 0. The van der Waals surface area contributed by atoms with E-state index in [1.54, 1.807) is 39.2 Å². The van der Waals surface area contributed by atoms with E-state index in [4.69, 9.17) is 9.72 Å². The van der Waals surface area contributed by atoms with Crippen LogP contribution in [0.1, 0.15) is 44.0 Å². The number of anilines is 2. The molecule has 2 aromatic heterocycles. The van der Waals surface area contributed by atoms with Crippen molar-refractivity contribution >= 4 is 17.6 Å². The first-order valence-electron chi connectivity index (χ1n) is 11.2. The highest BCUT2D eigenvalue weighted by atomic mass is 19.4. The summed E-state index contributed by atoms with van der Waals surface area (Å²) >= 11 is 0. The van der Waals surface area contributed by atoms with Crippen LogP contribution in [-0.4, -0.2) is 32.7 Å². The molecule has 0 saturated heterocycles. The van der Waals surface area contributed by atoms with Crippen molar-refractivity contribution in [2.45, 2.75) is 57.9 Å². The zero-order chi connectivity index (χ0) is 25.2. The summed E-state index contributed by atoms with van der Waals surface area (Å²) in [6, 6.07) is 8.18. The minimum atomic E-state index is -4.42. The molecule has 2 N–H and O–H groups in total. The minimum absolute atomic E-state index is 0.196. The van der Waals surface area contributed by atoms with Gasteiger partial charge in [-0.05, 0) is 76.4 Å². The molecule has 1 amide bonds. The van der Waals surface area contributed by atoms with Crippen molar-refractivity contribution in [1.29, 1.82) is 0 Å². The van der Waals surface area contributed by atoms with Gasteiger partial charge in [-0.2, -0.15) is 13.2 Å². The number of benzene rings is 1. The van der Waals surface area contributed by atoms with E-state index in [1.165, 1.54) is 12.1 Å². The van der Waals surface area contributed by atoms with Gasteiger partial charge in [-0.3, -0.25) is 4.98 Å². The first-order chi connectivity index (χ1) is 16.5. The number of pyridine rings is 1. The SMILES string of the molecule is CC(C)(C)OC(=O)N[C@H]1CCc2nc(-c3cccnc3)nc(Nc3ccc(C(F)(F)F)cc3)c2C1. The Kier molecular flexibility index (Phi) is 6.64. The molecule has 1 aliphatic carbocycles. The molecule has 0 radical (unpaired) electrons. The van der Waals surface area contributed by atoms with Gasteiger partial charge in [0.1, 0.15) is 11.4 Å². The van der Waals surface area contributed by atoms with Crippen LogP contribution in [0.15, 0.2) is 48.8 Å². The van der Waals surface area contributed by atoms with Crippen molar-refractivity contribution in [3.8, 4) is 11.4 Å². The molecule has 4 rings (SSSR count). The standard InChI is InChI=1S/C25H26F3N5O2/c1-24(2,3)35-23(34)31-18-10-11-20-19(13-18)22(33-21(32-20)15-5-4-12-29-14-15)30-17-8-6-16(7-9-17)25(26,27)28/h4-9,12,14,18H,10-11,13H2,1-3H3,(H,31,34)(H,30,32,33)/t18-/m0/s1. The van der Waals surface area contributed by atoms with Crippen molar-refractivity contribution in [2.75, 3.05) is 5.32 Å². The Hall–Kier alpha value is -3.69. The monoisotopic (exact) mass is 485 g/mol. The second-order valence-corrected chi connectivity index (χ2v) is 9.35. The lowest BCUT2D eigenvalue weighted by atomic mass is 9.91. The Morgan fingerprint density at radius 3 is 2.46 bits per heavy atom. The highest BCUT2D eigenvalue weighted by molar-refractivity contribution is 5.69. The summed E-state index contributed by atoms with van der Waals surface area (Å²) in [4.78, 5) is 25.8. The second kappa shape index (κ2) is 9.52. The van der Waals surface area contributed by atoms with Crippen molar-refractivity contribution in [1.82, 2.24) is 20.3 Å². The Morgan fingerprint density at radius 1 is 1.09 bits per heavy atom. The number of hydrogen-bond donors (Lipinski definition) is 2.